The number of hydrogen-bond donors (Lipinski definition) is 1. The maximum Gasteiger partial charge on any atom is 0.133 e. The van der Waals surface area contributed by atoms with Crippen LogP contribution in [-0.2, 0) is 13.5 Å². The van der Waals surface area contributed by atoms with Crippen LogP contribution in [0.5, 0.6) is 0 Å². The summed E-state index contributed by atoms with van der Waals surface area (Å²) in [7, 11) is 1.94. The zero-order valence-electron chi connectivity index (χ0n) is 14.7. The van der Waals surface area contributed by atoms with E-state index in [0.29, 0.717) is 23.8 Å². The molecule has 136 valence electrons. The molecule has 6 heteroatoms. The Kier molecular flexibility index (Phi) is 5.71. The van der Waals surface area contributed by atoms with Gasteiger partial charge in [0, 0.05) is 36.6 Å². The first-order chi connectivity index (χ1) is 12.6. The summed E-state index contributed by atoms with van der Waals surface area (Å²) in [6, 6.07) is 4.89. The fraction of sp³-hybridized carbons (Fsp3) is 0.350. The highest BCUT2D eigenvalue weighted by Crippen LogP contribution is 2.41. The van der Waals surface area contributed by atoms with E-state index < -0.39 is 11.6 Å². The molecule has 0 amide bonds. The van der Waals surface area contributed by atoms with Gasteiger partial charge in [0.1, 0.15) is 18.0 Å². The largest absolute Gasteiger partial charge is 0.290 e. The zero-order valence-corrected chi connectivity index (χ0v) is 14.7. The molecule has 2 unspecified atom stereocenters. The van der Waals surface area contributed by atoms with E-state index in [2.05, 4.69) is 10.1 Å². The first kappa shape index (κ1) is 18.2. The number of aromatic nitrogens is 2. The Bertz CT molecular complexity index is 815. The number of aliphatic imine (C=N–C) groups is 1. The molecule has 2 atom stereocenters. The molecule has 0 aliphatic heterocycles. The van der Waals surface area contributed by atoms with Gasteiger partial charge in [0.2, 0.25) is 0 Å². The molecule has 0 spiro atoms. The Labute approximate surface area is 151 Å². The molecule has 1 heterocycles. The minimum atomic E-state index is -0.574. The fourth-order valence-corrected chi connectivity index (χ4v) is 3.87. The predicted octanol–water partition coefficient (Wildman–Crippen LogP) is 4.52. The van der Waals surface area contributed by atoms with Gasteiger partial charge in [-0.15, -0.1) is 0 Å². The van der Waals surface area contributed by atoms with E-state index in [4.69, 9.17) is 5.41 Å². The molecule has 26 heavy (non-hydrogen) atoms. The van der Waals surface area contributed by atoms with Crippen LogP contribution in [0.1, 0.15) is 42.0 Å². The minimum Gasteiger partial charge on any atom is -0.290 e. The number of hydrogen-bond acceptors (Lipinski definition) is 2. The molecule has 4 nitrogen and oxygen atoms in total. The van der Waals surface area contributed by atoms with Crippen LogP contribution < -0.4 is 0 Å². The molecule has 3 rings (SSSR count). The van der Waals surface area contributed by atoms with Crippen LogP contribution in [-0.4, -0.2) is 22.3 Å². The van der Waals surface area contributed by atoms with Gasteiger partial charge >= 0.3 is 0 Å². The van der Waals surface area contributed by atoms with E-state index in [1.54, 1.807) is 6.20 Å². The van der Waals surface area contributed by atoms with E-state index >= 15 is 0 Å². The lowest BCUT2D eigenvalue weighted by molar-refractivity contribution is 0.455. The van der Waals surface area contributed by atoms with Crippen LogP contribution in [0.3, 0.4) is 0 Å². The number of rotatable bonds is 6. The highest BCUT2D eigenvalue weighted by molar-refractivity contribution is 5.83. The third-order valence-corrected chi connectivity index (χ3v) is 5.04. The monoisotopic (exact) mass is 356 g/mol. The van der Waals surface area contributed by atoms with E-state index in [0.717, 1.165) is 25.6 Å². The van der Waals surface area contributed by atoms with Gasteiger partial charge in [-0.1, -0.05) is 6.42 Å². The third-order valence-electron chi connectivity index (χ3n) is 5.04. The van der Waals surface area contributed by atoms with Crippen molar-refractivity contribution in [3.05, 3.63) is 58.9 Å². The zero-order chi connectivity index (χ0) is 18.5. The number of allylic oxidation sites excluding steroid dienone is 1. The van der Waals surface area contributed by atoms with Gasteiger partial charge in [-0.2, -0.15) is 5.10 Å². The van der Waals surface area contributed by atoms with Gasteiger partial charge in [-0.3, -0.25) is 10.1 Å². The first-order valence-electron chi connectivity index (χ1n) is 8.74. The average molecular weight is 356 g/mol. The van der Waals surface area contributed by atoms with Crippen LogP contribution >= 0.6 is 0 Å². The summed E-state index contributed by atoms with van der Waals surface area (Å²) >= 11 is 0. The van der Waals surface area contributed by atoms with Crippen LogP contribution in [0.15, 0.2) is 35.5 Å². The molecule has 1 aliphatic carbocycles. The predicted molar refractivity (Wildman–Crippen MR) is 99.7 cm³/mol. The van der Waals surface area contributed by atoms with Gasteiger partial charge in [0.25, 0.3) is 0 Å². The summed E-state index contributed by atoms with van der Waals surface area (Å²) in [6.45, 7) is 0. The first-order valence-corrected chi connectivity index (χ1v) is 8.74. The molecule has 2 aromatic rings. The number of nitrogens with zero attached hydrogens (tertiary/aromatic N) is 3. The van der Waals surface area contributed by atoms with Gasteiger partial charge in [0.05, 0.1) is 0 Å². The second-order valence-corrected chi connectivity index (χ2v) is 6.64. The maximum absolute atomic E-state index is 14.3. The molecule has 1 aromatic carbocycles. The SMILES string of the molecule is Cn1nccc1C1CCCC1Cc1cc(F)c(/C=C/C=N\C=N)c(F)c1. The van der Waals surface area contributed by atoms with Crippen LogP contribution in [0.2, 0.25) is 0 Å². The quantitative estimate of drug-likeness (QED) is 0.601. The summed E-state index contributed by atoms with van der Waals surface area (Å²) < 4.78 is 30.6. The van der Waals surface area contributed by atoms with Crippen molar-refractivity contribution >= 4 is 18.6 Å². The molecule has 1 aromatic heterocycles. The lowest BCUT2D eigenvalue weighted by Crippen LogP contribution is -2.13. The molecule has 1 aliphatic rings. The Balaban J connectivity index is 1.78. The summed E-state index contributed by atoms with van der Waals surface area (Å²) in [5.74, 6) is -0.403. The minimum absolute atomic E-state index is 0.0835. The van der Waals surface area contributed by atoms with Crippen molar-refractivity contribution in [3.63, 3.8) is 0 Å². The van der Waals surface area contributed by atoms with Crippen molar-refractivity contribution in [1.29, 1.82) is 5.41 Å². The van der Waals surface area contributed by atoms with E-state index in [1.807, 2.05) is 17.8 Å². The molecule has 0 radical (unpaired) electrons. The van der Waals surface area contributed by atoms with E-state index in [1.165, 1.54) is 36.2 Å². The number of nitrogens with one attached hydrogen (secondary N) is 1. The van der Waals surface area contributed by atoms with Gasteiger partial charge in [0.15, 0.2) is 0 Å². The molecule has 0 bridgehead atoms. The van der Waals surface area contributed by atoms with Crippen molar-refractivity contribution < 1.29 is 8.78 Å². The molecule has 1 saturated carbocycles. The standard InChI is InChI=1S/C20H22F2N4/c1-26-20(7-9-25-26)16-5-2-4-15(16)10-14-11-18(21)17(19(22)12-14)6-3-8-24-13-23/h3,6-9,11-13,15-16,23H,2,4-5,10H2,1H3/b6-3+,23-13?,24-8-. The van der Waals surface area contributed by atoms with Crippen molar-refractivity contribution in [1.82, 2.24) is 9.78 Å². The van der Waals surface area contributed by atoms with Crippen LogP contribution in [0.4, 0.5) is 8.78 Å². The van der Waals surface area contributed by atoms with Crippen LogP contribution in [0, 0.1) is 23.0 Å². The molecule has 1 N–H and O–H groups in total. The lowest BCUT2D eigenvalue weighted by Gasteiger charge is -2.20. The third kappa shape index (κ3) is 3.95. The summed E-state index contributed by atoms with van der Waals surface area (Å²) in [5.41, 5.74) is 1.79. The number of aryl methyl sites for hydroxylation is 1. The lowest BCUT2D eigenvalue weighted by atomic mass is 9.87. The van der Waals surface area contributed by atoms with E-state index in [-0.39, 0.29) is 5.56 Å². The van der Waals surface area contributed by atoms with Gasteiger partial charge in [-0.05, 0) is 61.1 Å². The average Bonchev–Trinajstić information content (AvgIpc) is 3.22. The van der Waals surface area contributed by atoms with Gasteiger partial charge < -0.3 is 0 Å². The Morgan fingerprint density at radius 3 is 2.73 bits per heavy atom. The summed E-state index contributed by atoms with van der Waals surface area (Å²) in [4.78, 5) is 3.55. The second kappa shape index (κ2) is 8.17. The van der Waals surface area contributed by atoms with Crippen molar-refractivity contribution in [2.75, 3.05) is 0 Å². The normalized spacial score (nSPS) is 20.4. The number of halogens is 2. The van der Waals surface area contributed by atoms with Crippen molar-refractivity contribution in [2.24, 2.45) is 18.0 Å². The summed E-state index contributed by atoms with van der Waals surface area (Å²) in [5, 5.41) is 11.0. The highest BCUT2D eigenvalue weighted by Gasteiger charge is 2.30. The fourth-order valence-electron chi connectivity index (χ4n) is 3.87. The highest BCUT2D eigenvalue weighted by atomic mass is 19.1. The Morgan fingerprint density at radius 1 is 1.31 bits per heavy atom. The Hall–Kier alpha value is -2.63. The van der Waals surface area contributed by atoms with Gasteiger partial charge in [-0.25, -0.2) is 13.8 Å². The van der Waals surface area contributed by atoms with Crippen LogP contribution in [0.25, 0.3) is 6.08 Å². The maximum atomic E-state index is 14.3. The molecule has 0 saturated heterocycles. The molecule has 1 fully saturated rings. The topological polar surface area (TPSA) is 54.0 Å². The Morgan fingerprint density at radius 2 is 2.08 bits per heavy atom. The molecular formula is C20H22F2N4. The van der Waals surface area contributed by atoms with Crippen molar-refractivity contribution in [2.45, 2.75) is 31.6 Å². The number of benzene rings is 1. The smallest absolute Gasteiger partial charge is 0.133 e. The summed E-state index contributed by atoms with van der Waals surface area (Å²) in [6.07, 6.45) is 10.6. The van der Waals surface area contributed by atoms with Crippen molar-refractivity contribution in [3.8, 4) is 0 Å². The van der Waals surface area contributed by atoms with E-state index in [9.17, 15) is 8.78 Å². The molecular weight excluding hydrogens is 334 g/mol. The second-order valence-electron chi connectivity index (χ2n) is 6.64.